The number of aromatic hydroxyl groups is 1. The summed E-state index contributed by atoms with van der Waals surface area (Å²) >= 11 is 5.00. The van der Waals surface area contributed by atoms with Crippen molar-refractivity contribution in [3.63, 3.8) is 0 Å². The third-order valence-electron chi connectivity index (χ3n) is 3.10. The van der Waals surface area contributed by atoms with Crippen LogP contribution in [0.4, 0.5) is 0 Å². The monoisotopic (exact) mass is 368 g/mol. The highest BCUT2D eigenvalue weighted by Gasteiger charge is 2.19. The summed E-state index contributed by atoms with van der Waals surface area (Å²) in [6, 6.07) is 8.17. The molecule has 6 heteroatoms. The van der Waals surface area contributed by atoms with Crippen molar-refractivity contribution in [3.05, 3.63) is 50.6 Å². The van der Waals surface area contributed by atoms with Gasteiger partial charge in [0.15, 0.2) is 0 Å². The molecule has 3 N–H and O–H groups in total. The molecular weight excluding hydrogens is 352 g/mol. The molecule has 0 saturated heterocycles. The predicted octanol–water partition coefficient (Wildman–Crippen LogP) is 2.74. The first-order valence-electron chi connectivity index (χ1n) is 6.47. The standard InChI is InChI=1S/C15H17BrN2O2S/c1-18(8-13-7-11(16)9-21-13)15(20)14(17)6-10-2-4-12(19)5-3-10/h2-5,7,9,14,19H,6,8,17H2,1H3/t14-/m0/s1. The number of thiophene rings is 1. The van der Waals surface area contributed by atoms with E-state index in [9.17, 15) is 9.90 Å². The number of hydrogen-bond donors (Lipinski definition) is 2. The van der Waals surface area contributed by atoms with E-state index in [4.69, 9.17) is 5.73 Å². The largest absolute Gasteiger partial charge is 0.508 e. The summed E-state index contributed by atoms with van der Waals surface area (Å²) in [6.45, 7) is 0.554. The van der Waals surface area contributed by atoms with Gasteiger partial charge in [-0.05, 0) is 46.1 Å². The van der Waals surface area contributed by atoms with Crippen LogP contribution in [0.25, 0.3) is 0 Å². The highest BCUT2D eigenvalue weighted by Crippen LogP contribution is 2.21. The fraction of sp³-hybridized carbons (Fsp3) is 0.267. The first-order chi connectivity index (χ1) is 9.95. The molecule has 1 aromatic heterocycles. The van der Waals surface area contributed by atoms with Crippen LogP contribution < -0.4 is 5.73 Å². The van der Waals surface area contributed by atoms with Gasteiger partial charge in [0.1, 0.15) is 5.75 Å². The molecule has 1 aromatic carbocycles. The summed E-state index contributed by atoms with van der Waals surface area (Å²) in [6.07, 6.45) is 0.456. The van der Waals surface area contributed by atoms with Gasteiger partial charge < -0.3 is 15.7 Å². The zero-order valence-corrected chi connectivity index (χ0v) is 14.0. The Hall–Kier alpha value is -1.37. The molecule has 2 rings (SSSR count). The number of nitrogens with zero attached hydrogens (tertiary/aromatic N) is 1. The van der Waals surface area contributed by atoms with Gasteiger partial charge in [-0.15, -0.1) is 11.3 Å². The number of nitrogens with two attached hydrogens (primary N) is 1. The molecule has 0 saturated carbocycles. The normalized spacial score (nSPS) is 12.1. The van der Waals surface area contributed by atoms with Crippen molar-refractivity contribution >= 4 is 33.2 Å². The molecular formula is C15H17BrN2O2S. The van der Waals surface area contributed by atoms with Crippen molar-refractivity contribution in [1.29, 1.82) is 0 Å². The third kappa shape index (κ3) is 4.56. The Labute approximate surface area is 136 Å². The number of carbonyl (C=O) groups is 1. The fourth-order valence-electron chi connectivity index (χ4n) is 2.00. The fourth-order valence-corrected chi connectivity index (χ4v) is 3.51. The van der Waals surface area contributed by atoms with E-state index in [-0.39, 0.29) is 11.7 Å². The second-order valence-electron chi connectivity index (χ2n) is 4.90. The van der Waals surface area contributed by atoms with Crippen LogP contribution in [0, 0.1) is 0 Å². The van der Waals surface area contributed by atoms with Gasteiger partial charge >= 0.3 is 0 Å². The van der Waals surface area contributed by atoms with Crippen molar-refractivity contribution in [2.24, 2.45) is 5.73 Å². The molecule has 0 bridgehead atoms. The lowest BCUT2D eigenvalue weighted by molar-refractivity contribution is -0.131. The molecule has 1 amide bonds. The number of likely N-dealkylation sites (N-methyl/N-ethyl adjacent to an activating group) is 1. The Morgan fingerprint density at radius 1 is 1.43 bits per heavy atom. The number of amides is 1. The highest BCUT2D eigenvalue weighted by atomic mass is 79.9. The number of phenolic OH excluding ortho intramolecular Hbond substituents is 1. The second-order valence-corrected chi connectivity index (χ2v) is 6.81. The van der Waals surface area contributed by atoms with Gasteiger partial charge in [0, 0.05) is 21.8 Å². The molecule has 1 atom stereocenters. The van der Waals surface area contributed by atoms with Gasteiger partial charge in [0.2, 0.25) is 5.91 Å². The zero-order chi connectivity index (χ0) is 15.4. The lowest BCUT2D eigenvalue weighted by Crippen LogP contribution is -2.42. The SMILES string of the molecule is CN(Cc1cc(Br)cs1)C(=O)[C@@H](N)Cc1ccc(O)cc1. The van der Waals surface area contributed by atoms with Crippen molar-refractivity contribution in [2.75, 3.05) is 7.05 Å². The first-order valence-corrected chi connectivity index (χ1v) is 8.14. The van der Waals surface area contributed by atoms with E-state index in [0.29, 0.717) is 13.0 Å². The highest BCUT2D eigenvalue weighted by molar-refractivity contribution is 9.10. The van der Waals surface area contributed by atoms with Crippen LogP contribution in [0.3, 0.4) is 0 Å². The van der Waals surface area contributed by atoms with Crippen molar-refractivity contribution in [3.8, 4) is 5.75 Å². The number of carbonyl (C=O) groups excluding carboxylic acids is 1. The van der Waals surface area contributed by atoms with E-state index in [1.54, 1.807) is 47.5 Å². The Bertz CT molecular complexity index is 612. The van der Waals surface area contributed by atoms with Gasteiger partial charge in [0.05, 0.1) is 12.6 Å². The van der Waals surface area contributed by atoms with Crippen LogP contribution in [-0.4, -0.2) is 29.0 Å². The second kappa shape index (κ2) is 7.06. The average Bonchev–Trinajstić information content (AvgIpc) is 2.85. The molecule has 0 aliphatic rings. The van der Waals surface area contributed by atoms with Crippen molar-refractivity contribution < 1.29 is 9.90 Å². The maximum atomic E-state index is 12.3. The first kappa shape index (κ1) is 16.0. The average molecular weight is 369 g/mol. The lowest BCUT2D eigenvalue weighted by atomic mass is 10.1. The molecule has 4 nitrogen and oxygen atoms in total. The lowest BCUT2D eigenvalue weighted by Gasteiger charge is -2.20. The molecule has 0 unspecified atom stereocenters. The zero-order valence-electron chi connectivity index (χ0n) is 11.6. The minimum atomic E-state index is -0.581. The van der Waals surface area contributed by atoms with Crippen LogP contribution in [0.1, 0.15) is 10.4 Å². The molecule has 1 heterocycles. The third-order valence-corrected chi connectivity index (χ3v) is 4.78. The van der Waals surface area contributed by atoms with Crippen LogP contribution >= 0.6 is 27.3 Å². The Morgan fingerprint density at radius 2 is 2.10 bits per heavy atom. The summed E-state index contributed by atoms with van der Waals surface area (Å²) in [4.78, 5) is 15.0. The van der Waals surface area contributed by atoms with Crippen molar-refractivity contribution in [2.45, 2.75) is 19.0 Å². The van der Waals surface area contributed by atoms with E-state index < -0.39 is 6.04 Å². The van der Waals surface area contributed by atoms with Gasteiger partial charge in [-0.3, -0.25) is 4.79 Å². The molecule has 2 aromatic rings. The quantitative estimate of drug-likeness (QED) is 0.852. The number of phenols is 1. The summed E-state index contributed by atoms with van der Waals surface area (Å²) < 4.78 is 1.02. The molecule has 0 fully saturated rings. The summed E-state index contributed by atoms with van der Waals surface area (Å²) in [5.74, 6) is 0.117. The van der Waals surface area contributed by atoms with E-state index in [0.717, 1.165) is 14.9 Å². The molecule has 0 aliphatic carbocycles. The Morgan fingerprint density at radius 3 is 2.67 bits per heavy atom. The van der Waals surface area contributed by atoms with E-state index in [1.165, 1.54) is 0 Å². The van der Waals surface area contributed by atoms with Gasteiger partial charge in [-0.2, -0.15) is 0 Å². The minimum absolute atomic E-state index is 0.0902. The molecule has 112 valence electrons. The summed E-state index contributed by atoms with van der Waals surface area (Å²) in [5, 5.41) is 11.2. The number of benzene rings is 1. The Kier molecular flexibility index (Phi) is 5.39. The van der Waals surface area contributed by atoms with Crippen LogP contribution in [0.2, 0.25) is 0 Å². The molecule has 21 heavy (non-hydrogen) atoms. The predicted molar refractivity (Wildman–Crippen MR) is 88.3 cm³/mol. The topological polar surface area (TPSA) is 66.6 Å². The van der Waals surface area contributed by atoms with E-state index >= 15 is 0 Å². The van der Waals surface area contributed by atoms with Crippen molar-refractivity contribution in [1.82, 2.24) is 4.90 Å². The smallest absolute Gasteiger partial charge is 0.239 e. The van der Waals surface area contributed by atoms with Gasteiger partial charge in [-0.1, -0.05) is 12.1 Å². The number of hydrogen-bond acceptors (Lipinski definition) is 4. The minimum Gasteiger partial charge on any atom is -0.508 e. The van der Waals surface area contributed by atoms with Gasteiger partial charge in [0.25, 0.3) is 0 Å². The van der Waals surface area contributed by atoms with Crippen LogP contribution in [0.15, 0.2) is 40.2 Å². The molecule has 0 radical (unpaired) electrons. The summed E-state index contributed by atoms with van der Waals surface area (Å²) in [5.41, 5.74) is 6.92. The van der Waals surface area contributed by atoms with Crippen LogP contribution in [-0.2, 0) is 17.8 Å². The number of rotatable bonds is 5. The maximum Gasteiger partial charge on any atom is 0.239 e. The van der Waals surface area contributed by atoms with E-state index in [1.807, 2.05) is 11.4 Å². The number of halogens is 1. The Balaban J connectivity index is 1.93. The van der Waals surface area contributed by atoms with Crippen LogP contribution in [0.5, 0.6) is 5.75 Å². The van der Waals surface area contributed by atoms with Gasteiger partial charge in [-0.25, -0.2) is 0 Å². The summed E-state index contributed by atoms with van der Waals surface area (Å²) in [7, 11) is 1.76. The maximum absolute atomic E-state index is 12.3. The molecule has 0 aliphatic heterocycles. The van der Waals surface area contributed by atoms with E-state index in [2.05, 4.69) is 15.9 Å². The molecule has 0 spiro atoms.